The zero-order chi connectivity index (χ0) is 15.6. The zero-order valence-electron chi connectivity index (χ0n) is 11.1. The second kappa shape index (κ2) is 5.97. The number of carbonyl (C=O) groups excluding carboxylic acids is 1. The normalized spacial score (nSPS) is 10.2. The first-order valence-electron chi connectivity index (χ1n) is 6.03. The third kappa shape index (κ3) is 3.22. The Hall–Kier alpha value is -2.34. The number of halogens is 1. The first kappa shape index (κ1) is 15.1. The molecule has 0 aromatic heterocycles. The van der Waals surface area contributed by atoms with Crippen LogP contribution < -0.4 is 5.32 Å². The number of rotatable bonds is 3. The molecular formula is C15H12BrNO4. The smallest absolute Gasteiger partial charge is 0.336 e. The van der Waals surface area contributed by atoms with E-state index in [1.807, 2.05) is 0 Å². The van der Waals surface area contributed by atoms with Gasteiger partial charge in [0.05, 0.1) is 5.56 Å². The lowest BCUT2D eigenvalue weighted by atomic mass is 10.1. The van der Waals surface area contributed by atoms with E-state index in [4.69, 9.17) is 5.11 Å². The van der Waals surface area contributed by atoms with Crippen LogP contribution in [0, 0.1) is 6.92 Å². The predicted molar refractivity (Wildman–Crippen MR) is 81.9 cm³/mol. The molecular weight excluding hydrogens is 338 g/mol. The molecule has 6 heteroatoms. The Labute approximate surface area is 129 Å². The third-order valence-electron chi connectivity index (χ3n) is 3.00. The van der Waals surface area contributed by atoms with Crippen molar-refractivity contribution in [2.24, 2.45) is 0 Å². The van der Waals surface area contributed by atoms with Gasteiger partial charge >= 0.3 is 5.97 Å². The van der Waals surface area contributed by atoms with E-state index in [1.165, 1.54) is 12.1 Å². The summed E-state index contributed by atoms with van der Waals surface area (Å²) in [5, 5.41) is 21.3. The lowest BCUT2D eigenvalue weighted by Crippen LogP contribution is -2.14. The van der Waals surface area contributed by atoms with Gasteiger partial charge in [0.1, 0.15) is 5.75 Å². The molecule has 0 unspecified atom stereocenters. The quantitative estimate of drug-likeness (QED) is 0.792. The van der Waals surface area contributed by atoms with Crippen LogP contribution in [0.15, 0.2) is 40.9 Å². The zero-order valence-corrected chi connectivity index (χ0v) is 12.6. The average Bonchev–Trinajstić information content (AvgIpc) is 2.43. The van der Waals surface area contributed by atoms with Gasteiger partial charge in [-0.15, -0.1) is 0 Å². The summed E-state index contributed by atoms with van der Waals surface area (Å²) < 4.78 is 0.432. The number of amides is 1. The molecule has 0 atom stereocenters. The molecule has 2 rings (SSSR count). The van der Waals surface area contributed by atoms with Gasteiger partial charge in [0, 0.05) is 21.3 Å². The summed E-state index contributed by atoms with van der Waals surface area (Å²) in [5.74, 6) is -1.47. The van der Waals surface area contributed by atoms with Crippen molar-refractivity contribution < 1.29 is 19.8 Å². The van der Waals surface area contributed by atoms with Crippen molar-refractivity contribution in [2.45, 2.75) is 6.92 Å². The van der Waals surface area contributed by atoms with Crippen LogP contribution in [0.1, 0.15) is 26.3 Å². The van der Waals surface area contributed by atoms with Gasteiger partial charge < -0.3 is 15.5 Å². The number of phenols is 1. The first-order chi connectivity index (χ1) is 9.90. The molecule has 0 heterocycles. The number of aromatic hydroxyl groups is 1. The van der Waals surface area contributed by atoms with E-state index in [2.05, 4.69) is 21.2 Å². The second-order valence-corrected chi connectivity index (χ2v) is 5.26. The molecule has 0 aliphatic heterocycles. The van der Waals surface area contributed by atoms with Crippen LogP contribution in [-0.2, 0) is 0 Å². The van der Waals surface area contributed by atoms with Gasteiger partial charge in [-0.3, -0.25) is 4.79 Å². The minimum Gasteiger partial charge on any atom is -0.508 e. The second-order valence-electron chi connectivity index (χ2n) is 4.40. The van der Waals surface area contributed by atoms with Crippen molar-refractivity contribution in [2.75, 3.05) is 5.32 Å². The lowest BCUT2D eigenvalue weighted by Gasteiger charge is -2.10. The van der Waals surface area contributed by atoms with Crippen molar-refractivity contribution in [1.82, 2.24) is 0 Å². The Balaban J connectivity index is 2.30. The van der Waals surface area contributed by atoms with Crippen LogP contribution in [0.3, 0.4) is 0 Å². The van der Waals surface area contributed by atoms with Crippen LogP contribution >= 0.6 is 15.9 Å². The summed E-state index contributed by atoms with van der Waals surface area (Å²) in [6, 6.07) is 9.15. The van der Waals surface area contributed by atoms with Crippen molar-refractivity contribution in [3.8, 4) is 5.75 Å². The van der Waals surface area contributed by atoms with Crippen molar-refractivity contribution in [3.05, 3.63) is 57.6 Å². The van der Waals surface area contributed by atoms with Crippen molar-refractivity contribution in [1.29, 1.82) is 0 Å². The van der Waals surface area contributed by atoms with Gasteiger partial charge in [0.15, 0.2) is 0 Å². The number of carboxylic acid groups (broad SMARTS) is 1. The summed E-state index contributed by atoms with van der Waals surface area (Å²) in [4.78, 5) is 23.2. The maximum Gasteiger partial charge on any atom is 0.336 e. The fourth-order valence-corrected chi connectivity index (χ4v) is 2.25. The Kier molecular flexibility index (Phi) is 4.28. The number of benzene rings is 2. The van der Waals surface area contributed by atoms with E-state index < -0.39 is 11.9 Å². The Morgan fingerprint density at radius 1 is 1.14 bits per heavy atom. The largest absolute Gasteiger partial charge is 0.508 e. The standard InChI is InChI=1S/C15H12BrNO4/c1-8-10(3-2-4-13(8)18)14(19)17-9-5-6-12(16)11(7-9)15(20)21/h2-7,18H,1H3,(H,17,19)(H,20,21). The molecule has 0 saturated heterocycles. The van der Waals surface area contributed by atoms with Crippen molar-refractivity contribution in [3.63, 3.8) is 0 Å². The molecule has 0 saturated carbocycles. The topological polar surface area (TPSA) is 86.6 Å². The maximum absolute atomic E-state index is 12.2. The number of anilines is 1. The summed E-state index contributed by atoms with van der Waals surface area (Å²) in [6.45, 7) is 1.63. The summed E-state index contributed by atoms with van der Waals surface area (Å²) >= 11 is 3.14. The number of hydrogen-bond donors (Lipinski definition) is 3. The molecule has 5 nitrogen and oxygen atoms in total. The highest BCUT2D eigenvalue weighted by molar-refractivity contribution is 9.10. The van der Waals surface area contributed by atoms with E-state index >= 15 is 0 Å². The highest BCUT2D eigenvalue weighted by Crippen LogP contribution is 2.23. The van der Waals surface area contributed by atoms with E-state index in [0.29, 0.717) is 21.3 Å². The van der Waals surface area contributed by atoms with Gasteiger partial charge in [0.25, 0.3) is 5.91 Å². The minimum atomic E-state index is -1.09. The third-order valence-corrected chi connectivity index (χ3v) is 3.70. The highest BCUT2D eigenvalue weighted by atomic mass is 79.9. The number of phenolic OH excluding ortho intramolecular Hbond substituents is 1. The molecule has 1 amide bonds. The number of carboxylic acids is 1. The SMILES string of the molecule is Cc1c(O)cccc1C(=O)Nc1ccc(Br)c(C(=O)O)c1. The van der Waals surface area contributed by atoms with Gasteiger partial charge in [-0.05, 0) is 53.2 Å². The van der Waals surface area contributed by atoms with Gasteiger partial charge in [0.2, 0.25) is 0 Å². The average molecular weight is 350 g/mol. The molecule has 21 heavy (non-hydrogen) atoms. The Bertz CT molecular complexity index is 728. The summed E-state index contributed by atoms with van der Waals surface area (Å²) in [5.41, 5.74) is 1.21. The number of nitrogens with one attached hydrogen (secondary N) is 1. The van der Waals surface area contributed by atoms with Crippen LogP contribution in [0.25, 0.3) is 0 Å². The van der Waals surface area contributed by atoms with Gasteiger partial charge in [-0.25, -0.2) is 4.79 Å². The summed E-state index contributed by atoms with van der Waals surface area (Å²) in [7, 11) is 0. The molecule has 108 valence electrons. The molecule has 3 N–H and O–H groups in total. The molecule has 2 aromatic rings. The van der Waals surface area contributed by atoms with E-state index in [1.54, 1.807) is 31.2 Å². The fraction of sp³-hybridized carbons (Fsp3) is 0.0667. The Morgan fingerprint density at radius 3 is 2.52 bits per heavy atom. The minimum absolute atomic E-state index is 0.0321. The van der Waals surface area contributed by atoms with Crippen LogP contribution in [-0.4, -0.2) is 22.1 Å². The Morgan fingerprint density at radius 2 is 1.86 bits per heavy atom. The lowest BCUT2D eigenvalue weighted by molar-refractivity contribution is 0.0695. The van der Waals surface area contributed by atoms with E-state index in [9.17, 15) is 14.7 Å². The molecule has 0 radical (unpaired) electrons. The van der Waals surface area contributed by atoms with E-state index in [0.717, 1.165) is 0 Å². The van der Waals surface area contributed by atoms with E-state index in [-0.39, 0.29) is 11.3 Å². The fourth-order valence-electron chi connectivity index (χ4n) is 1.83. The molecule has 0 aliphatic carbocycles. The maximum atomic E-state index is 12.2. The molecule has 0 fully saturated rings. The first-order valence-corrected chi connectivity index (χ1v) is 6.82. The molecule has 0 bridgehead atoms. The predicted octanol–water partition coefficient (Wildman–Crippen LogP) is 3.41. The van der Waals surface area contributed by atoms with Crippen LogP contribution in [0.4, 0.5) is 5.69 Å². The van der Waals surface area contributed by atoms with Crippen molar-refractivity contribution >= 4 is 33.5 Å². The monoisotopic (exact) mass is 349 g/mol. The van der Waals surface area contributed by atoms with Gasteiger partial charge in [-0.2, -0.15) is 0 Å². The van der Waals surface area contributed by atoms with Crippen LogP contribution in [0.2, 0.25) is 0 Å². The number of hydrogen-bond acceptors (Lipinski definition) is 3. The molecule has 0 spiro atoms. The highest BCUT2D eigenvalue weighted by Gasteiger charge is 2.14. The number of carbonyl (C=O) groups is 2. The van der Waals surface area contributed by atoms with Crippen LogP contribution in [0.5, 0.6) is 5.75 Å². The molecule has 0 aliphatic rings. The van der Waals surface area contributed by atoms with Gasteiger partial charge in [-0.1, -0.05) is 6.07 Å². The number of aromatic carboxylic acids is 1. The molecule has 2 aromatic carbocycles. The summed E-state index contributed by atoms with van der Waals surface area (Å²) in [6.07, 6.45) is 0.